The number of aryl methyl sites for hydroxylation is 1. The number of ether oxygens (including phenoxy) is 1. The van der Waals surface area contributed by atoms with Gasteiger partial charge in [0.2, 0.25) is 0 Å². The SMILES string of the molecule is CCCNCC1(CN(C)Cc2scnc2C)CCOCC1. The summed E-state index contributed by atoms with van der Waals surface area (Å²) < 4.78 is 5.58. The Bertz CT molecular complexity index is 415. The summed E-state index contributed by atoms with van der Waals surface area (Å²) >= 11 is 1.77. The van der Waals surface area contributed by atoms with Crippen LogP contribution >= 0.6 is 11.3 Å². The van der Waals surface area contributed by atoms with E-state index in [9.17, 15) is 0 Å². The van der Waals surface area contributed by atoms with Crippen LogP contribution in [-0.4, -0.2) is 49.8 Å². The van der Waals surface area contributed by atoms with Crippen LogP contribution in [0.1, 0.15) is 36.8 Å². The Morgan fingerprint density at radius 3 is 2.81 bits per heavy atom. The van der Waals surface area contributed by atoms with E-state index in [1.807, 2.05) is 5.51 Å². The Morgan fingerprint density at radius 1 is 1.43 bits per heavy atom. The van der Waals surface area contributed by atoms with Crippen LogP contribution in [0.4, 0.5) is 0 Å². The summed E-state index contributed by atoms with van der Waals surface area (Å²) in [5.41, 5.74) is 3.49. The van der Waals surface area contributed by atoms with Gasteiger partial charge in [-0.3, -0.25) is 0 Å². The summed E-state index contributed by atoms with van der Waals surface area (Å²) in [6.45, 7) is 10.5. The third-order valence-electron chi connectivity index (χ3n) is 4.34. The molecule has 1 N–H and O–H groups in total. The second kappa shape index (κ2) is 8.22. The molecule has 2 heterocycles. The molecule has 0 saturated carbocycles. The van der Waals surface area contributed by atoms with Crippen molar-refractivity contribution in [3.8, 4) is 0 Å². The molecule has 21 heavy (non-hydrogen) atoms. The van der Waals surface area contributed by atoms with Crippen molar-refractivity contribution < 1.29 is 4.74 Å². The van der Waals surface area contributed by atoms with Crippen LogP contribution < -0.4 is 5.32 Å². The fourth-order valence-corrected chi connectivity index (χ4v) is 3.93. The van der Waals surface area contributed by atoms with Crippen molar-refractivity contribution in [1.82, 2.24) is 15.2 Å². The van der Waals surface area contributed by atoms with E-state index < -0.39 is 0 Å². The van der Waals surface area contributed by atoms with Gasteiger partial charge >= 0.3 is 0 Å². The monoisotopic (exact) mass is 311 g/mol. The zero-order valence-corrected chi connectivity index (χ0v) is 14.5. The van der Waals surface area contributed by atoms with Gasteiger partial charge in [0.05, 0.1) is 11.2 Å². The average Bonchev–Trinajstić information content (AvgIpc) is 2.85. The van der Waals surface area contributed by atoms with E-state index in [1.165, 1.54) is 17.0 Å². The van der Waals surface area contributed by atoms with E-state index in [0.29, 0.717) is 5.41 Å². The van der Waals surface area contributed by atoms with Crippen molar-refractivity contribution in [2.24, 2.45) is 5.41 Å². The minimum atomic E-state index is 0.362. The number of rotatable bonds is 8. The summed E-state index contributed by atoms with van der Waals surface area (Å²) in [7, 11) is 2.23. The maximum Gasteiger partial charge on any atom is 0.0798 e. The first-order chi connectivity index (χ1) is 10.2. The molecule has 5 heteroatoms. The zero-order valence-electron chi connectivity index (χ0n) is 13.7. The average molecular weight is 311 g/mol. The van der Waals surface area contributed by atoms with Gasteiger partial charge in [-0.1, -0.05) is 6.92 Å². The molecule has 1 fully saturated rings. The molecular weight excluding hydrogens is 282 g/mol. The highest BCUT2D eigenvalue weighted by molar-refractivity contribution is 7.09. The normalized spacial score (nSPS) is 18.3. The van der Waals surface area contributed by atoms with E-state index in [2.05, 4.69) is 36.1 Å². The van der Waals surface area contributed by atoms with Crippen molar-refractivity contribution in [3.63, 3.8) is 0 Å². The maximum atomic E-state index is 5.58. The molecule has 1 saturated heterocycles. The summed E-state index contributed by atoms with van der Waals surface area (Å²) in [5.74, 6) is 0. The van der Waals surface area contributed by atoms with Gasteiger partial charge in [-0.2, -0.15) is 0 Å². The van der Waals surface area contributed by atoms with Crippen LogP contribution in [0.3, 0.4) is 0 Å². The summed E-state index contributed by atoms with van der Waals surface area (Å²) in [6, 6.07) is 0. The van der Waals surface area contributed by atoms with Gasteiger partial charge in [0.15, 0.2) is 0 Å². The molecule has 1 aliphatic heterocycles. The molecule has 0 aliphatic carbocycles. The Labute approximate surface area is 132 Å². The molecule has 0 aromatic carbocycles. The van der Waals surface area contributed by atoms with Crippen molar-refractivity contribution >= 4 is 11.3 Å². The quantitative estimate of drug-likeness (QED) is 0.749. The second-order valence-corrected chi connectivity index (χ2v) is 7.26. The van der Waals surface area contributed by atoms with Gasteiger partial charge in [-0.05, 0) is 45.2 Å². The van der Waals surface area contributed by atoms with Gasteiger partial charge in [0, 0.05) is 37.7 Å². The molecule has 1 aliphatic rings. The van der Waals surface area contributed by atoms with E-state index >= 15 is 0 Å². The van der Waals surface area contributed by atoms with E-state index in [-0.39, 0.29) is 0 Å². The number of hydrogen-bond acceptors (Lipinski definition) is 5. The topological polar surface area (TPSA) is 37.4 Å². The highest BCUT2D eigenvalue weighted by Crippen LogP contribution is 2.31. The molecule has 0 amide bonds. The van der Waals surface area contributed by atoms with E-state index in [4.69, 9.17) is 4.74 Å². The maximum absolute atomic E-state index is 5.58. The number of nitrogens with one attached hydrogen (secondary N) is 1. The molecule has 0 bridgehead atoms. The van der Waals surface area contributed by atoms with Gasteiger partial charge in [-0.15, -0.1) is 11.3 Å². The first-order valence-electron chi connectivity index (χ1n) is 8.01. The van der Waals surface area contributed by atoms with Crippen LogP contribution in [0, 0.1) is 12.3 Å². The molecular formula is C16H29N3OS. The van der Waals surface area contributed by atoms with Crippen molar-refractivity contribution in [2.45, 2.75) is 39.7 Å². The van der Waals surface area contributed by atoms with Crippen LogP contribution in [-0.2, 0) is 11.3 Å². The van der Waals surface area contributed by atoms with Crippen LogP contribution in [0.2, 0.25) is 0 Å². The molecule has 120 valence electrons. The summed E-state index contributed by atoms with van der Waals surface area (Å²) in [6.07, 6.45) is 3.52. The van der Waals surface area contributed by atoms with Gasteiger partial charge in [-0.25, -0.2) is 4.98 Å². The highest BCUT2D eigenvalue weighted by Gasteiger charge is 2.33. The fourth-order valence-electron chi connectivity index (χ4n) is 3.08. The molecule has 0 atom stereocenters. The van der Waals surface area contributed by atoms with E-state index in [0.717, 1.165) is 52.2 Å². The van der Waals surface area contributed by atoms with Crippen LogP contribution in [0.5, 0.6) is 0 Å². The molecule has 0 radical (unpaired) electrons. The van der Waals surface area contributed by atoms with Gasteiger partial charge in [0.1, 0.15) is 0 Å². The molecule has 2 rings (SSSR count). The lowest BCUT2D eigenvalue weighted by Crippen LogP contribution is -2.46. The Kier molecular flexibility index (Phi) is 6.61. The van der Waals surface area contributed by atoms with Gasteiger partial charge < -0.3 is 15.0 Å². The Morgan fingerprint density at radius 2 is 2.19 bits per heavy atom. The molecule has 4 nitrogen and oxygen atoms in total. The van der Waals surface area contributed by atoms with Crippen molar-refractivity contribution in [1.29, 1.82) is 0 Å². The third kappa shape index (κ3) is 5.02. The van der Waals surface area contributed by atoms with Crippen LogP contribution in [0.25, 0.3) is 0 Å². The minimum Gasteiger partial charge on any atom is -0.381 e. The number of nitrogens with zero attached hydrogens (tertiary/aromatic N) is 2. The Balaban J connectivity index is 1.92. The van der Waals surface area contributed by atoms with Gasteiger partial charge in [0.25, 0.3) is 0 Å². The highest BCUT2D eigenvalue weighted by atomic mass is 32.1. The third-order valence-corrected chi connectivity index (χ3v) is 5.26. The number of thiazole rings is 1. The lowest BCUT2D eigenvalue weighted by molar-refractivity contribution is -0.00145. The fraction of sp³-hybridized carbons (Fsp3) is 0.812. The lowest BCUT2D eigenvalue weighted by atomic mass is 9.79. The molecule has 1 aromatic heterocycles. The number of hydrogen-bond donors (Lipinski definition) is 1. The molecule has 1 aromatic rings. The predicted octanol–water partition coefficient (Wildman–Crippen LogP) is 2.68. The summed E-state index contributed by atoms with van der Waals surface area (Å²) in [4.78, 5) is 8.20. The van der Waals surface area contributed by atoms with Crippen LogP contribution in [0.15, 0.2) is 5.51 Å². The second-order valence-electron chi connectivity index (χ2n) is 6.32. The summed E-state index contributed by atoms with van der Waals surface area (Å²) in [5, 5.41) is 3.63. The molecule has 0 spiro atoms. The standard InChI is InChI=1S/C16H29N3OS/c1-4-7-17-11-16(5-8-20-9-6-16)12-19(3)10-15-14(2)18-13-21-15/h13,17H,4-12H2,1-3H3. The predicted molar refractivity (Wildman–Crippen MR) is 88.8 cm³/mol. The zero-order chi connectivity index (χ0) is 15.1. The largest absolute Gasteiger partial charge is 0.381 e. The first-order valence-corrected chi connectivity index (χ1v) is 8.89. The smallest absolute Gasteiger partial charge is 0.0798 e. The number of aromatic nitrogens is 1. The Hall–Kier alpha value is -0.490. The minimum absolute atomic E-state index is 0.362. The van der Waals surface area contributed by atoms with Crippen molar-refractivity contribution in [3.05, 3.63) is 16.1 Å². The lowest BCUT2D eigenvalue weighted by Gasteiger charge is -2.40. The molecule has 0 unspecified atom stereocenters. The van der Waals surface area contributed by atoms with Crippen molar-refractivity contribution in [2.75, 3.05) is 39.9 Å². The first kappa shape index (κ1) is 16.9. The van der Waals surface area contributed by atoms with E-state index in [1.54, 1.807) is 11.3 Å².